The molecule has 1 fully saturated rings. The summed E-state index contributed by atoms with van der Waals surface area (Å²) in [5.41, 5.74) is 1.77. The quantitative estimate of drug-likeness (QED) is 0.486. The summed E-state index contributed by atoms with van der Waals surface area (Å²) < 4.78 is 62.4. The van der Waals surface area contributed by atoms with Crippen LogP contribution in [0.15, 0.2) is 58.3 Å². The van der Waals surface area contributed by atoms with Crippen LogP contribution in [0.25, 0.3) is 0 Å². The molecule has 0 saturated carbocycles. The van der Waals surface area contributed by atoms with E-state index in [-0.39, 0.29) is 22.8 Å². The lowest BCUT2D eigenvalue weighted by molar-refractivity contribution is -0.144. The van der Waals surface area contributed by atoms with E-state index >= 15 is 0 Å². The maximum Gasteiger partial charge on any atom is 0.324 e. The predicted molar refractivity (Wildman–Crippen MR) is 109 cm³/mol. The fourth-order valence-electron chi connectivity index (χ4n) is 3.24. The number of esters is 1. The van der Waals surface area contributed by atoms with Crippen LogP contribution in [0.4, 0.5) is 0 Å². The van der Waals surface area contributed by atoms with Crippen molar-refractivity contribution in [1.82, 2.24) is 4.31 Å². The first-order valence-corrected chi connectivity index (χ1v) is 12.1. The summed E-state index contributed by atoms with van der Waals surface area (Å²) in [5, 5.41) is 0. The van der Waals surface area contributed by atoms with Crippen LogP contribution in [0.2, 0.25) is 0 Å². The number of benzene rings is 2. The Morgan fingerprint density at radius 3 is 1.90 bits per heavy atom. The molecule has 0 aliphatic carbocycles. The van der Waals surface area contributed by atoms with Crippen LogP contribution < -0.4 is 0 Å². The van der Waals surface area contributed by atoms with Gasteiger partial charge in [0.15, 0.2) is 0 Å². The first-order chi connectivity index (χ1) is 14.0. The molecule has 1 saturated heterocycles. The minimum absolute atomic E-state index is 0.00375. The lowest BCUT2D eigenvalue weighted by atomic mass is 10.2. The largest absolute Gasteiger partial charge is 0.468 e. The number of ether oxygens (including phenoxy) is 1. The summed E-state index contributed by atoms with van der Waals surface area (Å²) in [6, 6.07) is 11.1. The molecule has 30 heavy (non-hydrogen) atoms. The van der Waals surface area contributed by atoms with Gasteiger partial charge in [0.2, 0.25) is 10.0 Å². The highest BCUT2D eigenvalue weighted by Gasteiger charge is 2.46. The number of sulfonamides is 1. The third-order valence-corrected chi connectivity index (χ3v) is 8.15. The smallest absolute Gasteiger partial charge is 0.324 e. The second kappa shape index (κ2) is 8.46. The Morgan fingerprint density at radius 1 is 0.900 bits per heavy atom. The Hall–Kier alpha value is -2.27. The number of methoxy groups -OCH3 is 1. The summed E-state index contributed by atoms with van der Waals surface area (Å²) in [4.78, 5) is 12.2. The van der Waals surface area contributed by atoms with Gasteiger partial charge in [0.1, 0.15) is 6.04 Å². The van der Waals surface area contributed by atoms with E-state index in [9.17, 15) is 21.6 Å². The van der Waals surface area contributed by atoms with E-state index in [0.717, 1.165) is 22.5 Å². The van der Waals surface area contributed by atoms with E-state index < -0.39 is 38.3 Å². The Balaban J connectivity index is 1.88. The Kier molecular flexibility index (Phi) is 6.32. The molecule has 8 nitrogen and oxygen atoms in total. The van der Waals surface area contributed by atoms with Gasteiger partial charge in [0.05, 0.1) is 23.0 Å². The van der Waals surface area contributed by atoms with Crippen molar-refractivity contribution in [3.63, 3.8) is 0 Å². The van der Waals surface area contributed by atoms with Crippen molar-refractivity contribution in [3.8, 4) is 0 Å². The minimum atomic E-state index is -4.13. The van der Waals surface area contributed by atoms with Crippen LogP contribution >= 0.6 is 0 Å². The van der Waals surface area contributed by atoms with Gasteiger partial charge >= 0.3 is 5.97 Å². The molecule has 2 aromatic rings. The molecule has 2 atom stereocenters. The zero-order valence-electron chi connectivity index (χ0n) is 16.8. The molecule has 0 radical (unpaired) electrons. The van der Waals surface area contributed by atoms with Gasteiger partial charge in [-0.15, -0.1) is 0 Å². The standard InChI is InChI=1S/C20H23NO7S2/c1-14-4-8-17(9-5-14)29(23,24)21-13-16(12-19(21)20(22)27-3)28-30(25,26)18-10-6-15(2)7-11-18/h4-11,16,19H,12-13H2,1-3H3/t16?,19-/m0/s1. The third-order valence-electron chi connectivity index (χ3n) is 4.89. The molecule has 1 heterocycles. The number of aryl methyl sites for hydroxylation is 2. The van der Waals surface area contributed by atoms with Crippen molar-refractivity contribution in [1.29, 1.82) is 0 Å². The monoisotopic (exact) mass is 453 g/mol. The highest BCUT2D eigenvalue weighted by molar-refractivity contribution is 7.89. The van der Waals surface area contributed by atoms with Gasteiger partial charge in [-0.1, -0.05) is 35.4 Å². The summed E-state index contributed by atoms with van der Waals surface area (Å²) in [6.07, 6.45) is -1.16. The zero-order chi connectivity index (χ0) is 22.1. The minimum Gasteiger partial charge on any atom is -0.468 e. The third kappa shape index (κ3) is 4.56. The van der Waals surface area contributed by atoms with Crippen molar-refractivity contribution in [2.75, 3.05) is 13.7 Å². The SMILES string of the molecule is COC(=O)[C@@H]1CC(OS(=O)(=O)c2ccc(C)cc2)CN1S(=O)(=O)c1ccc(C)cc1. The molecule has 2 aromatic carbocycles. The van der Waals surface area contributed by atoms with Gasteiger partial charge < -0.3 is 4.74 Å². The summed E-state index contributed by atoms with van der Waals surface area (Å²) in [5.74, 6) is -0.774. The van der Waals surface area contributed by atoms with Gasteiger partial charge in [-0.2, -0.15) is 12.7 Å². The average molecular weight is 454 g/mol. The van der Waals surface area contributed by atoms with Crippen molar-refractivity contribution < 1.29 is 30.6 Å². The Morgan fingerprint density at radius 2 is 1.40 bits per heavy atom. The molecular weight excluding hydrogens is 430 g/mol. The first kappa shape index (κ1) is 22.4. The number of nitrogens with zero attached hydrogens (tertiary/aromatic N) is 1. The van der Waals surface area contributed by atoms with Gasteiger partial charge in [-0.3, -0.25) is 8.98 Å². The molecule has 1 aliphatic rings. The van der Waals surface area contributed by atoms with Gasteiger partial charge in [-0.05, 0) is 38.1 Å². The Bertz CT molecular complexity index is 1120. The number of rotatable bonds is 6. The molecule has 0 bridgehead atoms. The van der Waals surface area contributed by atoms with E-state index in [2.05, 4.69) is 0 Å². The van der Waals surface area contributed by atoms with Crippen LogP contribution in [0.5, 0.6) is 0 Å². The normalized spacial score (nSPS) is 20.2. The number of hydrogen-bond donors (Lipinski definition) is 0. The van der Waals surface area contributed by atoms with Crippen molar-refractivity contribution in [3.05, 3.63) is 59.7 Å². The molecule has 0 spiro atoms. The van der Waals surface area contributed by atoms with Crippen molar-refractivity contribution >= 4 is 26.1 Å². The molecule has 10 heteroatoms. The number of carbonyl (C=O) groups is 1. The summed E-state index contributed by atoms with van der Waals surface area (Å²) >= 11 is 0. The fraction of sp³-hybridized carbons (Fsp3) is 0.350. The molecule has 0 N–H and O–H groups in total. The van der Waals surface area contributed by atoms with Crippen molar-refractivity contribution in [2.45, 2.75) is 42.2 Å². The highest BCUT2D eigenvalue weighted by atomic mass is 32.2. The summed E-state index contributed by atoms with van der Waals surface area (Å²) in [7, 11) is -7.04. The maximum atomic E-state index is 13.1. The molecule has 0 amide bonds. The van der Waals surface area contributed by atoms with E-state index in [1.54, 1.807) is 24.3 Å². The van der Waals surface area contributed by atoms with E-state index in [1.165, 1.54) is 24.3 Å². The highest BCUT2D eigenvalue weighted by Crippen LogP contribution is 2.30. The summed E-state index contributed by atoms with van der Waals surface area (Å²) in [6.45, 7) is 3.35. The van der Waals surface area contributed by atoms with Gasteiger partial charge in [0, 0.05) is 13.0 Å². The second-order valence-electron chi connectivity index (χ2n) is 7.15. The lowest BCUT2D eigenvalue weighted by Crippen LogP contribution is -2.41. The second-order valence-corrected chi connectivity index (χ2v) is 10.6. The average Bonchev–Trinajstić information content (AvgIpc) is 3.12. The van der Waals surface area contributed by atoms with Crippen LogP contribution in [-0.4, -0.2) is 52.9 Å². The van der Waals surface area contributed by atoms with Gasteiger partial charge in [0.25, 0.3) is 10.1 Å². The van der Waals surface area contributed by atoms with Crippen LogP contribution in [0.3, 0.4) is 0 Å². The molecular formula is C20H23NO7S2. The van der Waals surface area contributed by atoms with E-state index in [4.69, 9.17) is 8.92 Å². The fourth-order valence-corrected chi connectivity index (χ4v) is 5.94. The van der Waals surface area contributed by atoms with Crippen LogP contribution in [0.1, 0.15) is 17.5 Å². The Labute approximate surface area is 176 Å². The van der Waals surface area contributed by atoms with E-state index in [1.807, 2.05) is 13.8 Å². The molecule has 1 aliphatic heterocycles. The predicted octanol–water partition coefficient (Wildman–Crippen LogP) is 2.01. The van der Waals surface area contributed by atoms with Crippen molar-refractivity contribution in [2.24, 2.45) is 0 Å². The van der Waals surface area contributed by atoms with Gasteiger partial charge in [-0.25, -0.2) is 8.42 Å². The molecule has 1 unspecified atom stereocenters. The zero-order valence-corrected chi connectivity index (χ0v) is 18.4. The van der Waals surface area contributed by atoms with E-state index in [0.29, 0.717) is 0 Å². The van der Waals surface area contributed by atoms with Crippen LogP contribution in [-0.2, 0) is 33.9 Å². The molecule has 162 valence electrons. The number of hydrogen-bond acceptors (Lipinski definition) is 7. The molecule has 0 aromatic heterocycles. The number of carbonyl (C=O) groups excluding carboxylic acids is 1. The topological polar surface area (TPSA) is 107 Å². The first-order valence-electron chi connectivity index (χ1n) is 9.21. The maximum absolute atomic E-state index is 13.1. The molecule has 3 rings (SSSR count). The van der Waals surface area contributed by atoms with Crippen LogP contribution in [0, 0.1) is 13.8 Å². The lowest BCUT2D eigenvalue weighted by Gasteiger charge is -2.22.